The zero-order chi connectivity index (χ0) is 12.0. The van der Waals surface area contributed by atoms with Crippen molar-refractivity contribution >= 4 is 5.84 Å². The smallest absolute Gasteiger partial charge is 0.173 e. The van der Waals surface area contributed by atoms with Crippen LogP contribution in [-0.4, -0.2) is 24.8 Å². The Balaban J connectivity index is 3.15. The van der Waals surface area contributed by atoms with Gasteiger partial charge in [-0.05, 0) is 18.6 Å². The molecule has 1 aromatic rings. The number of nitrogens with zero attached hydrogens (tertiary/aromatic N) is 1. The van der Waals surface area contributed by atoms with Gasteiger partial charge in [0.15, 0.2) is 17.3 Å². The van der Waals surface area contributed by atoms with Gasteiger partial charge < -0.3 is 20.4 Å². The topological polar surface area (TPSA) is 77.1 Å². The second kappa shape index (κ2) is 5.85. The summed E-state index contributed by atoms with van der Waals surface area (Å²) in [5.74, 6) is 1.07. The molecule has 0 saturated heterocycles. The van der Waals surface area contributed by atoms with Crippen LogP contribution in [0.25, 0.3) is 0 Å². The maximum Gasteiger partial charge on any atom is 0.173 e. The molecule has 0 atom stereocenters. The van der Waals surface area contributed by atoms with Crippen LogP contribution in [0.5, 0.6) is 11.5 Å². The van der Waals surface area contributed by atoms with E-state index in [4.69, 9.17) is 20.4 Å². The average molecular weight is 224 g/mol. The minimum atomic E-state index is 0.00463. The number of benzene rings is 1. The lowest BCUT2D eigenvalue weighted by atomic mass is 10.1. The fourth-order valence-electron chi connectivity index (χ4n) is 1.29. The molecule has 0 spiro atoms. The van der Waals surface area contributed by atoms with Crippen LogP contribution in [0.2, 0.25) is 0 Å². The van der Waals surface area contributed by atoms with Crippen molar-refractivity contribution in [3.63, 3.8) is 0 Å². The van der Waals surface area contributed by atoms with Gasteiger partial charge >= 0.3 is 0 Å². The molecule has 0 fully saturated rings. The van der Waals surface area contributed by atoms with Gasteiger partial charge in [-0.3, -0.25) is 0 Å². The van der Waals surface area contributed by atoms with E-state index >= 15 is 0 Å². The number of para-hydroxylation sites is 1. The Labute approximate surface area is 94.5 Å². The van der Waals surface area contributed by atoms with Crippen LogP contribution in [0.1, 0.15) is 18.9 Å². The Kier molecular flexibility index (Phi) is 4.44. The molecule has 0 radical (unpaired) electrons. The first-order valence-corrected chi connectivity index (χ1v) is 5.02. The van der Waals surface area contributed by atoms with E-state index in [2.05, 4.69) is 5.16 Å². The quantitative estimate of drug-likeness (QED) is 0.344. The molecule has 5 nitrogen and oxygen atoms in total. The molecule has 0 amide bonds. The highest BCUT2D eigenvalue weighted by atomic mass is 16.5. The van der Waals surface area contributed by atoms with Crippen molar-refractivity contribution < 1.29 is 14.7 Å². The molecule has 16 heavy (non-hydrogen) atoms. The molecule has 0 bridgehead atoms. The molecule has 1 aromatic carbocycles. The summed E-state index contributed by atoms with van der Waals surface area (Å²) in [6.45, 7) is 2.55. The van der Waals surface area contributed by atoms with Crippen LogP contribution in [0.15, 0.2) is 23.4 Å². The molecule has 0 saturated carbocycles. The van der Waals surface area contributed by atoms with Crippen molar-refractivity contribution in [1.82, 2.24) is 0 Å². The van der Waals surface area contributed by atoms with Crippen LogP contribution >= 0.6 is 0 Å². The van der Waals surface area contributed by atoms with Crippen LogP contribution in [-0.2, 0) is 0 Å². The Morgan fingerprint density at radius 3 is 2.81 bits per heavy atom. The molecule has 0 aliphatic carbocycles. The van der Waals surface area contributed by atoms with Gasteiger partial charge in [-0.15, -0.1) is 0 Å². The van der Waals surface area contributed by atoms with Gasteiger partial charge in [0.25, 0.3) is 0 Å². The molecule has 0 aliphatic heterocycles. The van der Waals surface area contributed by atoms with Gasteiger partial charge in [-0.1, -0.05) is 18.1 Å². The lowest BCUT2D eigenvalue weighted by molar-refractivity contribution is 0.292. The largest absolute Gasteiger partial charge is 0.493 e. The van der Waals surface area contributed by atoms with E-state index in [1.54, 1.807) is 25.3 Å². The maximum absolute atomic E-state index is 8.67. The number of oxime groups is 1. The number of methoxy groups -OCH3 is 1. The van der Waals surface area contributed by atoms with E-state index < -0.39 is 0 Å². The molecule has 0 heterocycles. The van der Waals surface area contributed by atoms with Crippen LogP contribution < -0.4 is 15.2 Å². The summed E-state index contributed by atoms with van der Waals surface area (Å²) in [6.07, 6.45) is 0.869. The minimum Gasteiger partial charge on any atom is -0.493 e. The highest BCUT2D eigenvalue weighted by Crippen LogP contribution is 2.30. The van der Waals surface area contributed by atoms with E-state index in [0.717, 1.165) is 6.42 Å². The number of hydrogen-bond acceptors (Lipinski definition) is 4. The van der Waals surface area contributed by atoms with Crippen LogP contribution in [0, 0.1) is 0 Å². The average Bonchev–Trinajstić information content (AvgIpc) is 2.34. The molecule has 88 valence electrons. The van der Waals surface area contributed by atoms with Crippen LogP contribution in [0.3, 0.4) is 0 Å². The third-order valence-corrected chi connectivity index (χ3v) is 2.03. The first-order valence-electron chi connectivity index (χ1n) is 5.02. The van der Waals surface area contributed by atoms with Gasteiger partial charge in [-0.25, -0.2) is 0 Å². The first kappa shape index (κ1) is 12.2. The highest BCUT2D eigenvalue weighted by molar-refractivity contribution is 6.00. The minimum absolute atomic E-state index is 0.00463. The van der Waals surface area contributed by atoms with Gasteiger partial charge in [0.2, 0.25) is 0 Å². The molecule has 5 heteroatoms. The zero-order valence-corrected chi connectivity index (χ0v) is 9.43. The lowest BCUT2D eigenvalue weighted by Crippen LogP contribution is -2.15. The van der Waals surface area contributed by atoms with Crippen LogP contribution in [0.4, 0.5) is 0 Å². The third-order valence-electron chi connectivity index (χ3n) is 2.03. The number of hydrogen-bond donors (Lipinski definition) is 2. The molecular weight excluding hydrogens is 208 g/mol. The van der Waals surface area contributed by atoms with Crippen molar-refractivity contribution in [2.24, 2.45) is 10.9 Å². The van der Waals surface area contributed by atoms with E-state index in [9.17, 15) is 0 Å². The Hall–Kier alpha value is -1.91. The van der Waals surface area contributed by atoms with Gasteiger partial charge in [0.1, 0.15) is 0 Å². The Morgan fingerprint density at radius 1 is 1.50 bits per heavy atom. The Morgan fingerprint density at radius 2 is 2.25 bits per heavy atom. The predicted molar refractivity (Wildman–Crippen MR) is 61.3 cm³/mol. The van der Waals surface area contributed by atoms with Crippen molar-refractivity contribution in [2.45, 2.75) is 13.3 Å². The van der Waals surface area contributed by atoms with E-state index in [1.165, 1.54) is 0 Å². The fraction of sp³-hybridized carbons (Fsp3) is 0.364. The number of amidine groups is 1. The number of nitrogens with two attached hydrogens (primary N) is 1. The van der Waals surface area contributed by atoms with Crippen molar-refractivity contribution in [2.75, 3.05) is 13.7 Å². The summed E-state index contributed by atoms with van der Waals surface area (Å²) < 4.78 is 10.7. The number of rotatable bonds is 5. The second-order valence-electron chi connectivity index (χ2n) is 3.17. The number of ether oxygens (including phenoxy) is 2. The highest BCUT2D eigenvalue weighted by Gasteiger charge is 2.13. The van der Waals surface area contributed by atoms with E-state index in [-0.39, 0.29) is 5.84 Å². The summed E-state index contributed by atoms with van der Waals surface area (Å²) in [7, 11) is 1.55. The summed E-state index contributed by atoms with van der Waals surface area (Å²) in [6, 6.07) is 5.23. The first-order chi connectivity index (χ1) is 7.74. The van der Waals surface area contributed by atoms with Gasteiger partial charge in [0, 0.05) is 0 Å². The van der Waals surface area contributed by atoms with E-state index in [0.29, 0.717) is 23.7 Å². The zero-order valence-electron chi connectivity index (χ0n) is 9.43. The SMILES string of the molecule is CCCOc1c(OC)cccc1/C(N)=N/O. The molecule has 1 rings (SSSR count). The van der Waals surface area contributed by atoms with Gasteiger partial charge in [0.05, 0.1) is 19.3 Å². The normalized spacial score (nSPS) is 11.2. The molecular formula is C11H16N2O3. The molecule has 0 unspecified atom stereocenters. The van der Waals surface area contributed by atoms with Crippen molar-refractivity contribution in [1.29, 1.82) is 0 Å². The van der Waals surface area contributed by atoms with Crippen molar-refractivity contribution in [3.05, 3.63) is 23.8 Å². The molecule has 0 aliphatic rings. The summed E-state index contributed by atoms with van der Waals surface area (Å²) in [5.41, 5.74) is 6.08. The van der Waals surface area contributed by atoms with E-state index in [1.807, 2.05) is 6.92 Å². The Bertz CT molecular complexity index is 377. The third kappa shape index (κ3) is 2.56. The molecule has 0 aromatic heterocycles. The summed E-state index contributed by atoms with van der Waals surface area (Å²) in [4.78, 5) is 0. The predicted octanol–water partition coefficient (Wildman–Crippen LogP) is 1.58. The molecule has 3 N–H and O–H groups in total. The lowest BCUT2D eigenvalue weighted by Gasteiger charge is -2.13. The standard InChI is InChI=1S/C11H16N2O3/c1-3-7-16-10-8(11(12)13-14)5-4-6-9(10)15-2/h4-6,14H,3,7H2,1-2H3,(H2,12,13). The monoisotopic (exact) mass is 224 g/mol. The summed E-state index contributed by atoms with van der Waals surface area (Å²) in [5, 5.41) is 11.6. The second-order valence-corrected chi connectivity index (χ2v) is 3.17. The van der Waals surface area contributed by atoms with Gasteiger partial charge in [-0.2, -0.15) is 0 Å². The fourth-order valence-corrected chi connectivity index (χ4v) is 1.29. The maximum atomic E-state index is 8.67. The summed E-state index contributed by atoms with van der Waals surface area (Å²) >= 11 is 0. The van der Waals surface area contributed by atoms with Crippen molar-refractivity contribution in [3.8, 4) is 11.5 Å².